The van der Waals surface area contributed by atoms with Gasteiger partial charge in [0, 0.05) is 18.2 Å². The standard InChI is InChI=1S/C13H16N2O4/c14-6-1-2-8-18-12-5-3-4-11(10-12)15-13(17)19-9-7-16/h3-5,10,16H,1-2,7-9H2,(H,15,17). The first-order chi connectivity index (χ1) is 9.26. The fraction of sp³-hybridized carbons (Fsp3) is 0.385. The summed E-state index contributed by atoms with van der Waals surface area (Å²) < 4.78 is 10.1. The predicted octanol–water partition coefficient (Wildman–Crippen LogP) is 1.91. The Morgan fingerprint density at radius 3 is 3.00 bits per heavy atom. The summed E-state index contributed by atoms with van der Waals surface area (Å²) in [6.45, 7) is 0.192. The maximum absolute atomic E-state index is 11.3. The van der Waals surface area contributed by atoms with E-state index in [-0.39, 0.29) is 13.2 Å². The monoisotopic (exact) mass is 264 g/mol. The molecule has 0 heterocycles. The van der Waals surface area contributed by atoms with E-state index in [2.05, 4.69) is 10.1 Å². The van der Waals surface area contributed by atoms with Crippen LogP contribution in [0.15, 0.2) is 24.3 Å². The predicted molar refractivity (Wildman–Crippen MR) is 68.8 cm³/mol. The normalized spacial score (nSPS) is 9.47. The Morgan fingerprint density at radius 1 is 1.42 bits per heavy atom. The van der Waals surface area contributed by atoms with Crippen LogP contribution >= 0.6 is 0 Å². The van der Waals surface area contributed by atoms with E-state index in [1.165, 1.54) is 0 Å². The highest BCUT2D eigenvalue weighted by molar-refractivity contribution is 5.84. The van der Waals surface area contributed by atoms with Crippen molar-refractivity contribution in [1.82, 2.24) is 0 Å². The van der Waals surface area contributed by atoms with Gasteiger partial charge in [-0.05, 0) is 18.6 Å². The third-order valence-corrected chi connectivity index (χ3v) is 2.11. The average Bonchev–Trinajstić information content (AvgIpc) is 2.42. The Balaban J connectivity index is 2.43. The molecule has 0 aliphatic rings. The minimum absolute atomic E-state index is 0.0455. The number of aliphatic hydroxyl groups is 1. The molecule has 0 saturated carbocycles. The van der Waals surface area contributed by atoms with Gasteiger partial charge >= 0.3 is 6.09 Å². The molecule has 102 valence electrons. The Morgan fingerprint density at radius 2 is 2.26 bits per heavy atom. The van der Waals surface area contributed by atoms with Crippen LogP contribution in [0.25, 0.3) is 0 Å². The first-order valence-corrected chi connectivity index (χ1v) is 5.90. The third-order valence-electron chi connectivity index (χ3n) is 2.11. The van der Waals surface area contributed by atoms with Gasteiger partial charge in [-0.1, -0.05) is 6.07 Å². The number of rotatable bonds is 7. The van der Waals surface area contributed by atoms with Crippen molar-refractivity contribution in [1.29, 1.82) is 5.26 Å². The first-order valence-electron chi connectivity index (χ1n) is 5.90. The zero-order chi connectivity index (χ0) is 13.9. The number of nitriles is 1. The topological polar surface area (TPSA) is 91.6 Å². The lowest BCUT2D eigenvalue weighted by atomic mass is 10.3. The number of hydrogen-bond acceptors (Lipinski definition) is 5. The van der Waals surface area contributed by atoms with Gasteiger partial charge in [0.05, 0.1) is 19.3 Å². The number of aliphatic hydroxyl groups excluding tert-OH is 1. The molecule has 1 amide bonds. The molecule has 0 aliphatic heterocycles. The van der Waals surface area contributed by atoms with Crippen LogP contribution in [0.4, 0.5) is 10.5 Å². The fourth-order valence-electron chi connectivity index (χ4n) is 1.30. The number of benzene rings is 1. The molecule has 0 radical (unpaired) electrons. The smallest absolute Gasteiger partial charge is 0.411 e. The van der Waals surface area contributed by atoms with Gasteiger partial charge in [0.25, 0.3) is 0 Å². The van der Waals surface area contributed by atoms with Gasteiger partial charge in [-0.25, -0.2) is 4.79 Å². The number of nitrogens with one attached hydrogen (secondary N) is 1. The average molecular weight is 264 g/mol. The summed E-state index contributed by atoms with van der Waals surface area (Å²) in [6.07, 6.45) is 0.480. The van der Waals surface area contributed by atoms with E-state index in [4.69, 9.17) is 15.1 Å². The Bertz CT molecular complexity index is 443. The zero-order valence-corrected chi connectivity index (χ0v) is 10.5. The molecule has 1 rings (SSSR count). The summed E-state index contributed by atoms with van der Waals surface area (Å²) in [6, 6.07) is 8.89. The maximum Gasteiger partial charge on any atom is 0.411 e. The summed E-state index contributed by atoms with van der Waals surface area (Å²) in [5.41, 5.74) is 0.542. The minimum atomic E-state index is -0.629. The molecule has 0 atom stereocenters. The van der Waals surface area contributed by atoms with Gasteiger partial charge in [0.1, 0.15) is 12.4 Å². The van der Waals surface area contributed by atoms with Gasteiger partial charge < -0.3 is 14.6 Å². The van der Waals surface area contributed by atoms with Crippen LogP contribution in [-0.4, -0.2) is 31.0 Å². The highest BCUT2D eigenvalue weighted by atomic mass is 16.6. The maximum atomic E-state index is 11.3. The van der Waals surface area contributed by atoms with E-state index in [9.17, 15) is 4.79 Å². The molecule has 2 N–H and O–H groups in total. The number of amides is 1. The Labute approximate surface area is 111 Å². The van der Waals surface area contributed by atoms with Crippen molar-refractivity contribution in [3.05, 3.63) is 24.3 Å². The zero-order valence-electron chi connectivity index (χ0n) is 10.5. The fourth-order valence-corrected chi connectivity index (χ4v) is 1.30. The molecule has 1 aromatic rings. The van der Waals surface area contributed by atoms with Crippen molar-refractivity contribution in [2.75, 3.05) is 25.1 Å². The highest BCUT2D eigenvalue weighted by Crippen LogP contribution is 2.17. The van der Waals surface area contributed by atoms with Crippen LogP contribution in [-0.2, 0) is 4.74 Å². The van der Waals surface area contributed by atoms with Crippen molar-refractivity contribution in [3.63, 3.8) is 0 Å². The van der Waals surface area contributed by atoms with Crippen molar-refractivity contribution in [2.24, 2.45) is 0 Å². The molecule has 19 heavy (non-hydrogen) atoms. The molecule has 0 fully saturated rings. The number of carbonyl (C=O) groups excluding carboxylic acids is 1. The quantitative estimate of drug-likeness (QED) is 0.734. The molecule has 0 unspecified atom stereocenters. The van der Waals surface area contributed by atoms with Gasteiger partial charge in [-0.2, -0.15) is 5.26 Å². The number of anilines is 1. The second-order valence-electron chi connectivity index (χ2n) is 3.62. The van der Waals surface area contributed by atoms with E-state index in [0.29, 0.717) is 30.9 Å². The highest BCUT2D eigenvalue weighted by Gasteiger charge is 2.03. The van der Waals surface area contributed by atoms with Crippen LogP contribution in [0.1, 0.15) is 12.8 Å². The van der Waals surface area contributed by atoms with Gasteiger partial charge in [-0.15, -0.1) is 0 Å². The summed E-state index contributed by atoms with van der Waals surface area (Å²) >= 11 is 0. The van der Waals surface area contributed by atoms with Crippen molar-refractivity contribution in [3.8, 4) is 11.8 Å². The number of nitrogens with zero attached hydrogens (tertiary/aromatic N) is 1. The summed E-state index contributed by atoms with van der Waals surface area (Å²) in [5.74, 6) is 0.609. The van der Waals surface area contributed by atoms with Crippen LogP contribution in [0.5, 0.6) is 5.75 Å². The Hall–Kier alpha value is -2.26. The molecule has 0 aromatic heterocycles. The number of hydrogen-bond donors (Lipinski definition) is 2. The summed E-state index contributed by atoms with van der Waals surface area (Å²) in [5, 5.41) is 19.4. The Kier molecular flexibility index (Phi) is 6.84. The second-order valence-corrected chi connectivity index (χ2v) is 3.62. The molecule has 1 aromatic carbocycles. The lowest BCUT2D eigenvalue weighted by Gasteiger charge is -2.08. The van der Waals surface area contributed by atoms with Crippen molar-refractivity contribution < 1.29 is 19.4 Å². The first kappa shape index (κ1) is 14.8. The van der Waals surface area contributed by atoms with E-state index in [1.807, 2.05) is 6.07 Å². The lowest BCUT2D eigenvalue weighted by molar-refractivity contribution is 0.131. The van der Waals surface area contributed by atoms with E-state index in [1.54, 1.807) is 24.3 Å². The number of carbonyl (C=O) groups is 1. The molecule has 0 aliphatic carbocycles. The molecular weight excluding hydrogens is 248 g/mol. The molecule has 0 spiro atoms. The molecule has 0 bridgehead atoms. The summed E-state index contributed by atoms with van der Waals surface area (Å²) in [7, 11) is 0. The number of unbranched alkanes of at least 4 members (excludes halogenated alkanes) is 1. The minimum Gasteiger partial charge on any atom is -0.493 e. The molecule has 6 heteroatoms. The van der Waals surface area contributed by atoms with Gasteiger partial charge in [-0.3, -0.25) is 5.32 Å². The van der Waals surface area contributed by atoms with Crippen LogP contribution in [0.2, 0.25) is 0 Å². The second kappa shape index (κ2) is 8.78. The molecule has 0 saturated heterocycles. The van der Waals surface area contributed by atoms with Crippen LogP contribution < -0.4 is 10.1 Å². The van der Waals surface area contributed by atoms with E-state index in [0.717, 1.165) is 0 Å². The third kappa shape index (κ3) is 6.29. The molecule has 6 nitrogen and oxygen atoms in total. The number of ether oxygens (including phenoxy) is 2. The van der Waals surface area contributed by atoms with E-state index < -0.39 is 6.09 Å². The lowest BCUT2D eigenvalue weighted by Crippen LogP contribution is -2.15. The van der Waals surface area contributed by atoms with Gasteiger partial charge in [0.15, 0.2) is 0 Å². The SMILES string of the molecule is N#CCCCOc1cccc(NC(=O)OCCO)c1. The van der Waals surface area contributed by atoms with Crippen LogP contribution in [0.3, 0.4) is 0 Å². The van der Waals surface area contributed by atoms with Crippen molar-refractivity contribution in [2.45, 2.75) is 12.8 Å². The van der Waals surface area contributed by atoms with Crippen molar-refractivity contribution >= 4 is 11.8 Å². The summed E-state index contributed by atoms with van der Waals surface area (Å²) in [4.78, 5) is 11.3. The molecular formula is C13H16N2O4. The van der Waals surface area contributed by atoms with E-state index >= 15 is 0 Å². The van der Waals surface area contributed by atoms with Crippen LogP contribution in [0, 0.1) is 11.3 Å². The van der Waals surface area contributed by atoms with Gasteiger partial charge in [0.2, 0.25) is 0 Å². The largest absolute Gasteiger partial charge is 0.493 e.